The Labute approximate surface area is 154 Å². The van der Waals surface area contributed by atoms with Gasteiger partial charge in [0.2, 0.25) is 0 Å². The lowest BCUT2D eigenvalue weighted by atomic mass is 10.0. The van der Waals surface area contributed by atoms with E-state index >= 15 is 0 Å². The van der Waals surface area contributed by atoms with E-state index in [1.54, 1.807) is 4.68 Å². The zero-order valence-corrected chi connectivity index (χ0v) is 16.7. The number of hydrogen-bond donors (Lipinski definition) is 0. The van der Waals surface area contributed by atoms with Gasteiger partial charge in [-0.2, -0.15) is 5.10 Å². The first kappa shape index (κ1) is 18.1. The largest absolute Gasteiger partial charge is 0.319 e. The molecule has 5 nitrogen and oxygen atoms in total. The molecule has 0 saturated heterocycles. The highest BCUT2D eigenvalue weighted by atomic mass is 15.3. The van der Waals surface area contributed by atoms with E-state index in [2.05, 4.69) is 66.6 Å². The van der Waals surface area contributed by atoms with Crippen LogP contribution in [-0.4, -0.2) is 24.3 Å². The fourth-order valence-corrected chi connectivity index (χ4v) is 3.25. The Balaban J connectivity index is 2.38. The third kappa shape index (κ3) is 2.98. The predicted octanol–water partition coefficient (Wildman–Crippen LogP) is 3.01. The summed E-state index contributed by atoms with van der Waals surface area (Å²) in [5, 5.41) is 6.71. The second-order valence-electron chi connectivity index (χ2n) is 7.44. The maximum Gasteiger partial charge on any atom is 0.182 e. The van der Waals surface area contributed by atoms with Crippen molar-refractivity contribution in [3.8, 4) is 22.8 Å². The maximum absolute atomic E-state index is 4.97. The van der Waals surface area contributed by atoms with Crippen molar-refractivity contribution in [3.63, 3.8) is 0 Å². The van der Waals surface area contributed by atoms with Crippen LogP contribution in [0.25, 0.3) is 34.9 Å². The van der Waals surface area contributed by atoms with Gasteiger partial charge in [0.25, 0.3) is 0 Å². The second-order valence-corrected chi connectivity index (χ2v) is 7.44. The highest BCUT2D eigenvalue weighted by Crippen LogP contribution is 2.30. The van der Waals surface area contributed by atoms with Crippen molar-refractivity contribution >= 4 is 12.2 Å². The maximum atomic E-state index is 4.97. The number of nitrogens with zero attached hydrogens (tertiary/aromatic N) is 5. The number of aryl methyl sites for hydroxylation is 2. The molecule has 0 saturated carbocycles. The van der Waals surface area contributed by atoms with Crippen LogP contribution in [0.3, 0.4) is 0 Å². The molecule has 0 unspecified atom stereocenters. The molecule has 2 heterocycles. The van der Waals surface area contributed by atoms with Crippen molar-refractivity contribution in [1.82, 2.24) is 24.3 Å². The summed E-state index contributed by atoms with van der Waals surface area (Å²) < 4.78 is 4.11. The SMILES string of the molecule is CC=c1nc(-c2ccccc2-c2nc(C)n(C)n2)n(C(C)(C)C)c1=CC. The van der Waals surface area contributed by atoms with Crippen LogP contribution in [0.15, 0.2) is 24.3 Å². The Kier molecular flexibility index (Phi) is 4.57. The Morgan fingerprint density at radius 3 is 2.12 bits per heavy atom. The van der Waals surface area contributed by atoms with Gasteiger partial charge >= 0.3 is 0 Å². The molecule has 0 N–H and O–H groups in total. The van der Waals surface area contributed by atoms with E-state index in [0.717, 1.165) is 39.3 Å². The van der Waals surface area contributed by atoms with Crippen LogP contribution in [-0.2, 0) is 12.6 Å². The molecule has 0 aliphatic carbocycles. The molecule has 0 aliphatic heterocycles. The number of rotatable bonds is 2. The molecular formula is C21H27N5. The van der Waals surface area contributed by atoms with Crippen LogP contribution in [0.2, 0.25) is 0 Å². The fraction of sp³-hybridized carbons (Fsp3) is 0.381. The van der Waals surface area contributed by atoms with Crippen molar-refractivity contribution in [1.29, 1.82) is 0 Å². The van der Waals surface area contributed by atoms with Gasteiger partial charge in [0.1, 0.15) is 11.6 Å². The number of benzene rings is 1. The minimum Gasteiger partial charge on any atom is -0.319 e. The van der Waals surface area contributed by atoms with Gasteiger partial charge in [-0.3, -0.25) is 4.68 Å². The molecule has 3 aromatic rings. The molecular weight excluding hydrogens is 322 g/mol. The normalized spacial score (nSPS) is 13.7. The second kappa shape index (κ2) is 6.56. The lowest BCUT2D eigenvalue weighted by Gasteiger charge is -2.24. The summed E-state index contributed by atoms with van der Waals surface area (Å²) >= 11 is 0. The van der Waals surface area contributed by atoms with Crippen LogP contribution in [0.5, 0.6) is 0 Å². The van der Waals surface area contributed by atoms with E-state index in [9.17, 15) is 0 Å². The first-order valence-electron chi connectivity index (χ1n) is 8.97. The van der Waals surface area contributed by atoms with Gasteiger partial charge in [-0.15, -0.1) is 0 Å². The third-order valence-electron chi connectivity index (χ3n) is 4.55. The zero-order valence-electron chi connectivity index (χ0n) is 16.7. The van der Waals surface area contributed by atoms with E-state index in [1.807, 2.05) is 33.0 Å². The van der Waals surface area contributed by atoms with Gasteiger partial charge < -0.3 is 4.57 Å². The lowest BCUT2D eigenvalue weighted by Crippen LogP contribution is -2.38. The van der Waals surface area contributed by atoms with Crippen LogP contribution < -0.4 is 10.7 Å². The van der Waals surface area contributed by atoms with Crippen molar-refractivity contribution in [3.05, 3.63) is 40.8 Å². The quantitative estimate of drug-likeness (QED) is 0.714. The number of imidazole rings is 1. The molecule has 5 heteroatoms. The van der Waals surface area contributed by atoms with Crippen LogP contribution in [0, 0.1) is 6.92 Å². The molecule has 0 spiro atoms. The summed E-state index contributed by atoms with van der Waals surface area (Å²) in [6.07, 6.45) is 4.19. The van der Waals surface area contributed by atoms with Gasteiger partial charge in [0.05, 0.1) is 10.7 Å². The summed E-state index contributed by atoms with van der Waals surface area (Å²) in [5.41, 5.74) is 1.94. The molecule has 0 aliphatic rings. The van der Waals surface area contributed by atoms with Crippen molar-refractivity contribution in [2.75, 3.05) is 0 Å². The molecule has 0 fully saturated rings. The highest BCUT2D eigenvalue weighted by Gasteiger charge is 2.23. The average molecular weight is 349 g/mol. The van der Waals surface area contributed by atoms with Crippen LogP contribution in [0.1, 0.15) is 40.4 Å². The fourth-order valence-electron chi connectivity index (χ4n) is 3.25. The molecule has 0 amide bonds. The Morgan fingerprint density at radius 2 is 1.62 bits per heavy atom. The zero-order chi connectivity index (χ0) is 19.1. The summed E-state index contributed by atoms with van der Waals surface area (Å²) in [6.45, 7) is 12.7. The van der Waals surface area contributed by atoms with E-state index in [4.69, 9.17) is 4.98 Å². The number of aromatic nitrogens is 5. The van der Waals surface area contributed by atoms with Crippen molar-refractivity contribution < 1.29 is 0 Å². The molecule has 1 aromatic carbocycles. The minimum atomic E-state index is -0.105. The van der Waals surface area contributed by atoms with Gasteiger partial charge in [-0.05, 0) is 41.5 Å². The van der Waals surface area contributed by atoms with Crippen molar-refractivity contribution in [2.24, 2.45) is 7.05 Å². The summed E-state index contributed by atoms with van der Waals surface area (Å²) in [7, 11) is 1.92. The summed E-state index contributed by atoms with van der Waals surface area (Å²) in [4.78, 5) is 9.59. The highest BCUT2D eigenvalue weighted by molar-refractivity contribution is 5.77. The van der Waals surface area contributed by atoms with Crippen LogP contribution >= 0.6 is 0 Å². The molecule has 26 heavy (non-hydrogen) atoms. The third-order valence-corrected chi connectivity index (χ3v) is 4.55. The average Bonchev–Trinajstić information content (AvgIpc) is 3.14. The van der Waals surface area contributed by atoms with Gasteiger partial charge in [0, 0.05) is 23.7 Å². The molecule has 2 aromatic heterocycles. The topological polar surface area (TPSA) is 48.5 Å². The standard InChI is InChI=1S/C21H27N5/c1-8-17-18(9-2)26(21(4,5)6)20(23-17)16-13-11-10-12-15(16)19-22-14(3)25(7)24-19/h8-13H,1-7H3. The van der Waals surface area contributed by atoms with E-state index in [0.29, 0.717) is 0 Å². The van der Waals surface area contributed by atoms with E-state index in [1.165, 1.54) is 0 Å². The first-order valence-corrected chi connectivity index (χ1v) is 8.97. The van der Waals surface area contributed by atoms with E-state index < -0.39 is 0 Å². The van der Waals surface area contributed by atoms with Crippen molar-refractivity contribution in [2.45, 2.75) is 47.1 Å². The Hall–Kier alpha value is -2.69. The predicted molar refractivity (Wildman–Crippen MR) is 107 cm³/mol. The smallest absolute Gasteiger partial charge is 0.182 e. The molecule has 0 bridgehead atoms. The Morgan fingerprint density at radius 1 is 0.962 bits per heavy atom. The first-order chi connectivity index (χ1) is 12.3. The number of hydrogen-bond acceptors (Lipinski definition) is 3. The summed E-state index contributed by atoms with van der Waals surface area (Å²) in [5.74, 6) is 2.56. The minimum absolute atomic E-state index is 0.105. The molecule has 0 radical (unpaired) electrons. The Bertz CT molecular complexity index is 1040. The molecule has 3 rings (SSSR count). The van der Waals surface area contributed by atoms with Gasteiger partial charge in [-0.25, -0.2) is 9.97 Å². The van der Waals surface area contributed by atoms with Crippen LogP contribution in [0.4, 0.5) is 0 Å². The van der Waals surface area contributed by atoms with E-state index in [-0.39, 0.29) is 5.54 Å². The van der Waals surface area contributed by atoms with Gasteiger partial charge in [0.15, 0.2) is 5.82 Å². The lowest BCUT2D eigenvalue weighted by molar-refractivity contribution is 0.392. The monoisotopic (exact) mass is 349 g/mol. The van der Waals surface area contributed by atoms with Gasteiger partial charge in [-0.1, -0.05) is 36.4 Å². The summed E-state index contributed by atoms with van der Waals surface area (Å²) in [6, 6.07) is 8.23. The molecule has 136 valence electrons. The molecule has 0 atom stereocenters.